The summed E-state index contributed by atoms with van der Waals surface area (Å²) >= 11 is 0. The molecule has 0 amide bonds. The van der Waals surface area contributed by atoms with Gasteiger partial charge in [0.25, 0.3) is 0 Å². The van der Waals surface area contributed by atoms with E-state index in [0.717, 1.165) is 0 Å². The Hall–Kier alpha value is -0.883. The first-order valence-electron chi connectivity index (χ1n) is 4.29. The average molecular weight is 197 g/mol. The fourth-order valence-electron chi connectivity index (χ4n) is 1.01. The third-order valence-electron chi connectivity index (χ3n) is 1.71. The first kappa shape index (κ1) is 12.1. The monoisotopic (exact) mass is 197 g/mol. The molecule has 1 radical (unpaired) electrons. The van der Waals surface area contributed by atoms with Crippen LogP contribution < -0.4 is 0 Å². The lowest BCUT2D eigenvalue weighted by Gasteiger charge is -2.13. The molecule has 0 unspecified atom stereocenters. The van der Waals surface area contributed by atoms with E-state index in [4.69, 9.17) is 10.5 Å². The highest BCUT2D eigenvalue weighted by atomic mass is 28.4. The van der Waals surface area contributed by atoms with Gasteiger partial charge < -0.3 is 4.80 Å². The van der Waals surface area contributed by atoms with Gasteiger partial charge in [-0.3, -0.25) is 4.80 Å². The molecule has 0 aliphatic carbocycles. The van der Waals surface area contributed by atoms with Crippen LogP contribution >= 0.6 is 0 Å². The van der Waals surface area contributed by atoms with Crippen molar-refractivity contribution in [3.8, 4) is 12.1 Å². The Balaban J connectivity index is 3.56. The Kier molecular flexibility index (Phi) is 6.16. The molecule has 0 saturated heterocycles. The third kappa shape index (κ3) is 7.48. The quantitative estimate of drug-likeness (QED) is 0.516. The maximum absolute atomic E-state index is 11.3. The molecule has 0 bridgehead atoms. The normalized spacial score (nSPS) is 10.5. The van der Waals surface area contributed by atoms with Gasteiger partial charge in [-0.15, -0.1) is 0 Å². The predicted octanol–water partition coefficient (Wildman–Crippen LogP) is 1.46. The van der Waals surface area contributed by atoms with Crippen molar-refractivity contribution >= 4 is 8.56 Å². The summed E-state index contributed by atoms with van der Waals surface area (Å²) in [7, 11) is -3.33. The number of hydrogen-bond donors (Lipinski definition) is 1. The smallest absolute Gasteiger partial charge is 0.371 e. The topological polar surface area (TPSA) is 87.7 Å². The van der Waals surface area contributed by atoms with Gasteiger partial charge in [-0.2, -0.15) is 10.5 Å². The molecule has 71 valence electrons. The fraction of sp³-hybridized carbons (Fsp3) is 0.750. The summed E-state index contributed by atoms with van der Waals surface area (Å²) in [6.45, 7) is 0. The van der Waals surface area contributed by atoms with Crippen molar-refractivity contribution < 1.29 is 9.59 Å². The van der Waals surface area contributed by atoms with E-state index < -0.39 is 8.56 Å². The molecule has 0 fully saturated rings. The molecule has 0 atom stereocenters. The SMILES string of the molecule is N#CCCC[Si]([O])(O)CCCC#N. The summed E-state index contributed by atoms with van der Waals surface area (Å²) in [5, 5.41) is 16.4. The van der Waals surface area contributed by atoms with E-state index >= 15 is 0 Å². The maximum atomic E-state index is 11.3. The summed E-state index contributed by atoms with van der Waals surface area (Å²) in [6.07, 6.45) is 1.62. The van der Waals surface area contributed by atoms with Crippen molar-refractivity contribution in [1.82, 2.24) is 0 Å². The zero-order valence-corrected chi connectivity index (χ0v) is 8.49. The van der Waals surface area contributed by atoms with Gasteiger partial charge in [-0.25, -0.2) is 0 Å². The van der Waals surface area contributed by atoms with Crippen LogP contribution in [0.4, 0.5) is 0 Å². The van der Waals surface area contributed by atoms with E-state index in [9.17, 15) is 9.59 Å². The third-order valence-corrected chi connectivity index (χ3v) is 3.98. The molecule has 0 rings (SSSR count). The van der Waals surface area contributed by atoms with Crippen LogP contribution in [0.1, 0.15) is 25.7 Å². The van der Waals surface area contributed by atoms with Crippen molar-refractivity contribution in [2.45, 2.75) is 37.8 Å². The molecule has 1 N–H and O–H groups in total. The van der Waals surface area contributed by atoms with Crippen molar-refractivity contribution in [1.29, 1.82) is 10.5 Å². The van der Waals surface area contributed by atoms with Crippen molar-refractivity contribution in [2.24, 2.45) is 0 Å². The fourth-order valence-corrected chi connectivity index (χ4v) is 2.72. The van der Waals surface area contributed by atoms with Crippen LogP contribution in [0.25, 0.3) is 0 Å². The molecule has 0 aliphatic heterocycles. The van der Waals surface area contributed by atoms with E-state index in [-0.39, 0.29) is 12.1 Å². The number of rotatable bonds is 6. The highest BCUT2D eigenvalue weighted by molar-refractivity contribution is 6.64. The molecule has 0 aromatic carbocycles. The van der Waals surface area contributed by atoms with Gasteiger partial charge in [0.05, 0.1) is 12.1 Å². The van der Waals surface area contributed by atoms with Gasteiger partial charge in [0.2, 0.25) is 0 Å². The lowest BCUT2D eigenvalue weighted by atomic mass is 10.4. The van der Waals surface area contributed by atoms with Crippen molar-refractivity contribution in [3.63, 3.8) is 0 Å². The summed E-state index contributed by atoms with van der Waals surface area (Å²) in [4.78, 5) is 20.7. The van der Waals surface area contributed by atoms with Crippen LogP contribution in [0.2, 0.25) is 12.1 Å². The largest absolute Gasteiger partial charge is 0.409 e. The average Bonchev–Trinajstić information content (AvgIpc) is 2.05. The van der Waals surface area contributed by atoms with Crippen LogP contribution in [0, 0.1) is 22.7 Å². The Morgan fingerprint density at radius 2 is 1.46 bits per heavy atom. The molecule has 0 spiro atoms. The zero-order chi connectivity index (χ0) is 10.2. The lowest BCUT2D eigenvalue weighted by Crippen LogP contribution is -2.32. The van der Waals surface area contributed by atoms with Crippen LogP contribution in [0.3, 0.4) is 0 Å². The predicted molar refractivity (Wildman–Crippen MR) is 48.0 cm³/mol. The minimum atomic E-state index is -3.33. The molecule has 0 aromatic rings. The minimum Gasteiger partial charge on any atom is -0.409 e. The van der Waals surface area contributed by atoms with Gasteiger partial charge >= 0.3 is 8.56 Å². The molecular weight excluding hydrogens is 184 g/mol. The summed E-state index contributed by atoms with van der Waals surface area (Å²) in [5.74, 6) is 0. The van der Waals surface area contributed by atoms with Gasteiger partial charge in [0.15, 0.2) is 0 Å². The Labute approximate surface area is 79.3 Å². The van der Waals surface area contributed by atoms with Crippen molar-refractivity contribution in [3.05, 3.63) is 0 Å². The summed E-state index contributed by atoms with van der Waals surface area (Å²) in [5.41, 5.74) is 0. The van der Waals surface area contributed by atoms with Crippen LogP contribution in [0.15, 0.2) is 0 Å². The second-order valence-electron chi connectivity index (χ2n) is 2.97. The zero-order valence-electron chi connectivity index (χ0n) is 7.49. The van der Waals surface area contributed by atoms with Crippen LogP contribution in [0.5, 0.6) is 0 Å². The first-order valence-corrected chi connectivity index (χ1v) is 6.56. The first-order chi connectivity index (χ1) is 6.12. The van der Waals surface area contributed by atoms with Crippen LogP contribution in [-0.2, 0) is 4.80 Å². The Morgan fingerprint density at radius 1 is 1.08 bits per heavy atom. The van der Waals surface area contributed by atoms with E-state index in [2.05, 4.69) is 0 Å². The molecular formula is C8H13N2O2Si. The molecule has 4 nitrogen and oxygen atoms in total. The summed E-state index contributed by atoms with van der Waals surface area (Å²) in [6, 6.07) is 4.31. The van der Waals surface area contributed by atoms with Gasteiger partial charge in [-0.05, 0) is 24.9 Å². The van der Waals surface area contributed by atoms with E-state index in [1.807, 2.05) is 12.1 Å². The highest BCUT2D eigenvalue weighted by Gasteiger charge is 2.29. The number of unbranched alkanes of at least 4 members (excludes halogenated alkanes) is 2. The number of nitrogens with zero attached hydrogens (tertiary/aromatic N) is 2. The summed E-state index contributed by atoms with van der Waals surface area (Å²) < 4.78 is 0. The molecule has 0 heterocycles. The van der Waals surface area contributed by atoms with E-state index in [0.29, 0.717) is 25.7 Å². The maximum Gasteiger partial charge on any atom is 0.371 e. The molecule has 13 heavy (non-hydrogen) atoms. The second kappa shape index (κ2) is 6.61. The standard InChI is InChI=1S/C8H13N2O2Si/c9-5-1-3-7-13(11,12)8-4-2-6-10/h11H,1-4,7-8H2. The van der Waals surface area contributed by atoms with Gasteiger partial charge in [0.1, 0.15) is 0 Å². The number of nitriles is 2. The number of hydrogen-bond acceptors (Lipinski definition) is 3. The Bertz CT molecular complexity index is 195. The molecule has 0 aliphatic rings. The highest BCUT2D eigenvalue weighted by Crippen LogP contribution is 2.16. The molecule has 0 aromatic heterocycles. The van der Waals surface area contributed by atoms with Crippen molar-refractivity contribution in [2.75, 3.05) is 0 Å². The second-order valence-corrected chi connectivity index (χ2v) is 5.86. The van der Waals surface area contributed by atoms with E-state index in [1.54, 1.807) is 0 Å². The van der Waals surface area contributed by atoms with Gasteiger partial charge in [-0.1, -0.05) is 0 Å². The van der Waals surface area contributed by atoms with Gasteiger partial charge in [0, 0.05) is 12.8 Å². The molecule has 5 heteroatoms. The Morgan fingerprint density at radius 3 is 1.77 bits per heavy atom. The molecule has 0 saturated carbocycles. The van der Waals surface area contributed by atoms with E-state index in [1.165, 1.54) is 0 Å². The minimum absolute atomic E-state index is 0.228. The lowest BCUT2D eigenvalue weighted by molar-refractivity contribution is 0.288. The van der Waals surface area contributed by atoms with Crippen LogP contribution in [-0.4, -0.2) is 13.4 Å².